The highest BCUT2D eigenvalue weighted by Crippen LogP contribution is 2.32. The summed E-state index contributed by atoms with van der Waals surface area (Å²) in [5, 5.41) is 3.25. The van der Waals surface area contributed by atoms with E-state index in [0.29, 0.717) is 31.6 Å². The first-order valence-corrected chi connectivity index (χ1v) is 7.52. The van der Waals surface area contributed by atoms with Crippen LogP contribution in [0, 0.1) is 0 Å². The summed E-state index contributed by atoms with van der Waals surface area (Å²) >= 11 is 0. The molecule has 2 unspecified atom stereocenters. The van der Waals surface area contributed by atoms with E-state index in [1.807, 2.05) is 13.8 Å². The average Bonchev–Trinajstić information content (AvgIpc) is 2.47. The van der Waals surface area contributed by atoms with Crippen LogP contribution in [0.2, 0.25) is 0 Å². The summed E-state index contributed by atoms with van der Waals surface area (Å²) in [5.41, 5.74) is -0.265. The summed E-state index contributed by atoms with van der Waals surface area (Å²) in [6.45, 7) is 5.72. The second-order valence-electron chi connectivity index (χ2n) is 5.72. The molecular weight excluding hydrogens is 329 g/mol. The molecule has 0 spiro atoms. The quantitative estimate of drug-likeness (QED) is 0.905. The van der Waals surface area contributed by atoms with Gasteiger partial charge in [0.05, 0.1) is 11.5 Å². The van der Waals surface area contributed by atoms with Crippen molar-refractivity contribution in [3.05, 3.63) is 35.4 Å². The lowest BCUT2D eigenvalue weighted by atomic mass is 9.93. The number of halogens is 4. The Bertz CT molecular complexity index is 536. The minimum absolute atomic E-state index is 0. The highest BCUT2D eigenvalue weighted by atomic mass is 35.5. The Balaban J connectivity index is 0.00000264. The maximum absolute atomic E-state index is 12.8. The Morgan fingerprint density at radius 2 is 2.13 bits per heavy atom. The van der Waals surface area contributed by atoms with Crippen molar-refractivity contribution in [1.29, 1.82) is 0 Å². The van der Waals surface area contributed by atoms with Crippen molar-refractivity contribution in [2.75, 3.05) is 19.6 Å². The van der Waals surface area contributed by atoms with E-state index in [1.165, 1.54) is 6.07 Å². The van der Waals surface area contributed by atoms with Gasteiger partial charge in [-0.25, -0.2) is 0 Å². The van der Waals surface area contributed by atoms with E-state index < -0.39 is 17.7 Å². The summed E-state index contributed by atoms with van der Waals surface area (Å²) in [6, 6.07) is 5.31. The van der Waals surface area contributed by atoms with Gasteiger partial charge in [0.25, 0.3) is 0 Å². The van der Waals surface area contributed by atoms with Crippen LogP contribution in [-0.2, 0) is 11.0 Å². The second-order valence-corrected chi connectivity index (χ2v) is 5.72. The smallest absolute Gasteiger partial charge is 0.339 e. The Labute approximate surface area is 140 Å². The molecule has 23 heavy (non-hydrogen) atoms. The first kappa shape index (κ1) is 19.8. The van der Waals surface area contributed by atoms with Gasteiger partial charge in [0.15, 0.2) is 0 Å². The summed E-state index contributed by atoms with van der Waals surface area (Å²) in [6.07, 6.45) is -3.90. The Morgan fingerprint density at radius 3 is 2.70 bits per heavy atom. The monoisotopic (exact) mass is 350 g/mol. The lowest BCUT2D eigenvalue weighted by Gasteiger charge is -2.34. The lowest BCUT2D eigenvalue weighted by Crippen LogP contribution is -2.52. The molecule has 1 heterocycles. The van der Waals surface area contributed by atoms with Crippen LogP contribution in [-0.4, -0.2) is 36.5 Å². The highest BCUT2D eigenvalue weighted by Gasteiger charge is 2.32. The van der Waals surface area contributed by atoms with Crippen LogP contribution in [0.4, 0.5) is 13.2 Å². The molecule has 2 atom stereocenters. The van der Waals surface area contributed by atoms with E-state index in [9.17, 15) is 18.0 Å². The van der Waals surface area contributed by atoms with Gasteiger partial charge in [0.2, 0.25) is 5.91 Å². The molecule has 0 aliphatic carbocycles. The molecule has 7 heteroatoms. The van der Waals surface area contributed by atoms with Gasteiger partial charge in [0.1, 0.15) is 0 Å². The van der Waals surface area contributed by atoms with Gasteiger partial charge in [0, 0.05) is 25.7 Å². The minimum atomic E-state index is -4.39. The van der Waals surface area contributed by atoms with E-state index in [2.05, 4.69) is 5.32 Å². The molecule has 1 N–H and O–H groups in total. The molecule has 0 aromatic heterocycles. The van der Waals surface area contributed by atoms with Crippen molar-refractivity contribution in [1.82, 2.24) is 10.2 Å². The molecule has 1 aliphatic heterocycles. The third-order valence-electron chi connectivity index (χ3n) is 4.00. The van der Waals surface area contributed by atoms with Crippen LogP contribution < -0.4 is 5.32 Å². The van der Waals surface area contributed by atoms with E-state index in [1.54, 1.807) is 11.0 Å². The molecule has 1 saturated heterocycles. The Hall–Kier alpha value is -1.27. The first-order chi connectivity index (χ1) is 10.3. The summed E-state index contributed by atoms with van der Waals surface area (Å²) in [7, 11) is 0. The minimum Gasteiger partial charge on any atom is -0.339 e. The summed E-state index contributed by atoms with van der Waals surface area (Å²) < 4.78 is 38.5. The van der Waals surface area contributed by atoms with Crippen molar-refractivity contribution in [2.45, 2.75) is 38.4 Å². The fraction of sp³-hybridized carbons (Fsp3) is 0.562. The van der Waals surface area contributed by atoms with Crippen LogP contribution in [0.1, 0.15) is 37.3 Å². The van der Waals surface area contributed by atoms with Crippen molar-refractivity contribution in [2.24, 2.45) is 0 Å². The molecule has 1 aromatic carbocycles. The van der Waals surface area contributed by atoms with Crippen molar-refractivity contribution in [3.8, 4) is 0 Å². The molecule has 1 amide bonds. The number of rotatable bonds is 3. The van der Waals surface area contributed by atoms with Gasteiger partial charge in [-0.1, -0.05) is 25.1 Å². The van der Waals surface area contributed by atoms with Gasteiger partial charge < -0.3 is 10.2 Å². The maximum atomic E-state index is 12.8. The molecule has 2 rings (SSSR count). The summed E-state index contributed by atoms with van der Waals surface area (Å²) in [5.74, 6) is -0.609. The van der Waals surface area contributed by atoms with Crippen LogP contribution in [0.3, 0.4) is 0 Å². The van der Waals surface area contributed by atoms with Gasteiger partial charge in [-0.3, -0.25) is 4.79 Å². The highest BCUT2D eigenvalue weighted by molar-refractivity contribution is 5.85. The fourth-order valence-electron chi connectivity index (χ4n) is 2.84. The average molecular weight is 351 g/mol. The molecule has 0 saturated carbocycles. The normalized spacial score (nSPS) is 19.9. The number of nitrogens with zero attached hydrogens (tertiary/aromatic N) is 1. The maximum Gasteiger partial charge on any atom is 0.416 e. The first-order valence-electron chi connectivity index (χ1n) is 7.52. The predicted octanol–water partition coefficient (Wildman–Crippen LogP) is 3.44. The number of hydrogen-bond donors (Lipinski definition) is 1. The Kier molecular flexibility index (Phi) is 6.89. The lowest BCUT2D eigenvalue weighted by molar-refractivity contribution is -0.138. The summed E-state index contributed by atoms with van der Waals surface area (Å²) in [4.78, 5) is 14.4. The number of nitrogens with one attached hydrogen (secondary N) is 1. The van der Waals surface area contributed by atoms with E-state index >= 15 is 0 Å². The third kappa shape index (κ3) is 4.85. The molecule has 0 bridgehead atoms. The topological polar surface area (TPSA) is 32.3 Å². The number of benzene rings is 1. The number of amides is 1. The molecule has 1 aliphatic rings. The zero-order chi connectivity index (χ0) is 16.3. The van der Waals surface area contributed by atoms with Gasteiger partial charge in [-0.15, -0.1) is 12.4 Å². The van der Waals surface area contributed by atoms with Gasteiger partial charge >= 0.3 is 6.18 Å². The largest absolute Gasteiger partial charge is 0.416 e. The third-order valence-corrected chi connectivity index (χ3v) is 4.00. The number of carbonyl (C=O) groups excluding carboxylic acids is 1. The van der Waals surface area contributed by atoms with Crippen LogP contribution in [0.25, 0.3) is 0 Å². The van der Waals surface area contributed by atoms with Crippen LogP contribution in [0.5, 0.6) is 0 Å². The standard InChI is InChI=1S/C16H21F3N2O.ClH/c1-3-14(15(22)21-8-7-20-11(2)10-21)12-5-4-6-13(9-12)16(17,18)19;/h4-6,9,11,14,20H,3,7-8,10H2,1-2H3;1H. The zero-order valence-electron chi connectivity index (χ0n) is 13.2. The fourth-order valence-corrected chi connectivity index (χ4v) is 2.84. The number of alkyl halides is 3. The molecule has 3 nitrogen and oxygen atoms in total. The molecule has 1 aromatic rings. The van der Waals surface area contributed by atoms with Crippen LogP contribution in [0.15, 0.2) is 24.3 Å². The molecule has 0 radical (unpaired) electrons. The molecular formula is C16H22ClF3N2O. The van der Waals surface area contributed by atoms with E-state index in [-0.39, 0.29) is 24.4 Å². The Morgan fingerprint density at radius 1 is 1.43 bits per heavy atom. The molecule has 1 fully saturated rings. The predicted molar refractivity (Wildman–Crippen MR) is 85.8 cm³/mol. The van der Waals surface area contributed by atoms with Crippen LogP contribution >= 0.6 is 12.4 Å². The number of piperazine rings is 1. The van der Waals surface area contributed by atoms with Crippen molar-refractivity contribution >= 4 is 18.3 Å². The second kappa shape index (κ2) is 8.02. The number of hydrogen-bond acceptors (Lipinski definition) is 2. The van der Waals surface area contributed by atoms with Crippen molar-refractivity contribution in [3.63, 3.8) is 0 Å². The van der Waals surface area contributed by atoms with Crippen molar-refractivity contribution < 1.29 is 18.0 Å². The molecule has 130 valence electrons. The van der Waals surface area contributed by atoms with Gasteiger partial charge in [-0.2, -0.15) is 13.2 Å². The van der Waals surface area contributed by atoms with E-state index in [4.69, 9.17) is 0 Å². The zero-order valence-corrected chi connectivity index (χ0v) is 14.0. The van der Waals surface area contributed by atoms with Gasteiger partial charge in [-0.05, 0) is 25.0 Å². The van der Waals surface area contributed by atoms with E-state index in [0.717, 1.165) is 12.1 Å². The SMILES string of the molecule is CCC(C(=O)N1CCNC(C)C1)c1cccc(C(F)(F)F)c1.Cl. The number of carbonyl (C=O) groups is 1.